The zero-order valence-electron chi connectivity index (χ0n) is 18.6. The number of aliphatic hydroxyl groups is 1. The molecule has 2 aliphatic heterocycles. The van der Waals surface area contributed by atoms with E-state index >= 15 is 0 Å². The molecular formula is C22H32N2O6Si. The summed E-state index contributed by atoms with van der Waals surface area (Å²) in [5, 5.41) is 14.1. The van der Waals surface area contributed by atoms with Gasteiger partial charge in [-0.05, 0) is 12.8 Å². The number of hydrogen-bond donors (Lipinski definition) is 2. The quantitative estimate of drug-likeness (QED) is 0.249. The average molecular weight is 449 g/mol. The molecule has 0 saturated carbocycles. The van der Waals surface area contributed by atoms with Gasteiger partial charge in [-0.15, -0.1) is 0 Å². The Morgan fingerprint density at radius 2 is 2.03 bits per heavy atom. The van der Waals surface area contributed by atoms with Gasteiger partial charge in [-0.1, -0.05) is 37.5 Å². The van der Waals surface area contributed by atoms with Gasteiger partial charge in [0.15, 0.2) is 11.4 Å². The van der Waals surface area contributed by atoms with Gasteiger partial charge in [0, 0.05) is 31.7 Å². The summed E-state index contributed by atoms with van der Waals surface area (Å²) >= 11 is 0. The van der Waals surface area contributed by atoms with E-state index < -0.39 is 37.8 Å². The molecule has 0 bridgehead atoms. The van der Waals surface area contributed by atoms with Crippen LogP contribution in [0.2, 0.25) is 19.6 Å². The van der Waals surface area contributed by atoms with Crippen molar-refractivity contribution in [2.45, 2.75) is 62.8 Å². The Kier molecular flexibility index (Phi) is 6.87. The number of allylic oxidation sites excluding steroid dienone is 2. The highest BCUT2D eigenvalue weighted by molar-refractivity contribution is 6.81. The maximum atomic E-state index is 13.1. The molecule has 2 heterocycles. The molecule has 8 nitrogen and oxygen atoms in total. The van der Waals surface area contributed by atoms with Gasteiger partial charge in [0.05, 0.1) is 15.2 Å². The van der Waals surface area contributed by atoms with Crippen molar-refractivity contribution in [1.29, 1.82) is 0 Å². The van der Waals surface area contributed by atoms with Crippen LogP contribution in [-0.2, 0) is 23.9 Å². The van der Waals surface area contributed by atoms with Crippen LogP contribution in [0.15, 0.2) is 35.8 Å². The first-order valence-corrected chi connectivity index (χ1v) is 14.3. The Bertz CT molecular complexity index is 824. The van der Waals surface area contributed by atoms with Crippen molar-refractivity contribution < 1.29 is 29.0 Å². The van der Waals surface area contributed by atoms with Crippen LogP contribution in [0.25, 0.3) is 0 Å². The first-order valence-electron chi connectivity index (χ1n) is 10.7. The van der Waals surface area contributed by atoms with Gasteiger partial charge >= 0.3 is 0 Å². The molecular weight excluding hydrogens is 416 g/mol. The predicted octanol–water partition coefficient (Wildman–Crippen LogP) is 1.08. The molecule has 2 fully saturated rings. The number of carbonyl (C=O) groups excluding carboxylic acids is 3. The number of ether oxygens (including phenoxy) is 2. The first kappa shape index (κ1) is 23.4. The van der Waals surface area contributed by atoms with Crippen LogP contribution in [-0.4, -0.2) is 79.7 Å². The van der Waals surface area contributed by atoms with E-state index in [-0.39, 0.29) is 23.9 Å². The smallest absolute Gasteiger partial charge is 0.245 e. The number of likely N-dealkylation sites (tertiary alicyclic amines) is 1. The lowest BCUT2D eigenvalue weighted by molar-refractivity contribution is -0.137. The van der Waals surface area contributed by atoms with Crippen molar-refractivity contribution in [1.82, 2.24) is 10.2 Å². The molecule has 2 saturated heterocycles. The number of epoxide rings is 1. The van der Waals surface area contributed by atoms with E-state index in [1.54, 1.807) is 11.0 Å². The lowest BCUT2D eigenvalue weighted by atomic mass is 9.82. The van der Waals surface area contributed by atoms with E-state index in [0.29, 0.717) is 13.1 Å². The molecule has 2 N–H and O–H groups in total. The second-order valence-electron chi connectivity index (χ2n) is 9.40. The first-order chi connectivity index (χ1) is 14.5. The zero-order chi connectivity index (χ0) is 22.8. The van der Waals surface area contributed by atoms with E-state index in [2.05, 4.69) is 30.7 Å². The third-order valence-corrected chi connectivity index (χ3v) is 6.86. The number of methoxy groups -OCH3 is 1. The van der Waals surface area contributed by atoms with Crippen LogP contribution in [0.3, 0.4) is 0 Å². The van der Waals surface area contributed by atoms with Crippen molar-refractivity contribution >= 4 is 25.7 Å². The standard InChI is InChI=1S/C22H32N2O6Si/c1-29-17-13-16(25)19-20(30-19)22(17,28)14-15(21(27)24-10-6-7-11-24)23-18(26)9-5-8-12-31(2,3)4/h5,8-9,12-13,15,19-20,28H,6-7,10-11,14H2,1-4H3,(H,23,26)/b9-5+,12-8+/t15-,19-,20-,22+/m0/s1. The molecule has 0 aromatic rings. The average Bonchev–Trinajstić information content (AvgIpc) is 3.35. The van der Waals surface area contributed by atoms with Gasteiger partial charge in [-0.3, -0.25) is 14.4 Å². The molecule has 3 aliphatic rings. The SMILES string of the molecule is COC1=CC(=O)[C@@H]2O[C@@H]2[C@@]1(O)C[C@H](NC(=O)/C=C/C=C/[Si](C)(C)C)C(=O)N1CCCC1. The van der Waals surface area contributed by atoms with Crippen LogP contribution in [0.1, 0.15) is 19.3 Å². The Morgan fingerprint density at radius 3 is 2.65 bits per heavy atom. The predicted molar refractivity (Wildman–Crippen MR) is 118 cm³/mol. The minimum absolute atomic E-state index is 0.0540. The summed E-state index contributed by atoms with van der Waals surface area (Å²) in [5.41, 5.74) is 0.438. The molecule has 4 atom stereocenters. The lowest BCUT2D eigenvalue weighted by Crippen LogP contribution is -2.54. The highest BCUT2D eigenvalue weighted by atomic mass is 28.3. The molecule has 31 heavy (non-hydrogen) atoms. The Morgan fingerprint density at radius 1 is 1.35 bits per heavy atom. The van der Waals surface area contributed by atoms with Gasteiger partial charge in [0.2, 0.25) is 11.8 Å². The summed E-state index contributed by atoms with van der Waals surface area (Å²) < 4.78 is 10.6. The van der Waals surface area contributed by atoms with Gasteiger partial charge in [0.1, 0.15) is 24.0 Å². The van der Waals surface area contributed by atoms with Crippen molar-refractivity contribution in [2.75, 3.05) is 20.2 Å². The normalized spacial score (nSPS) is 29.1. The lowest BCUT2D eigenvalue weighted by Gasteiger charge is -2.34. The summed E-state index contributed by atoms with van der Waals surface area (Å²) in [7, 11) is -0.0185. The van der Waals surface area contributed by atoms with Gasteiger partial charge in [0.25, 0.3) is 0 Å². The molecule has 0 aromatic heterocycles. The van der Waals surface area contributed by atoms with Crippen molar-refractivity contribution in [2.24, 2.45) is 0 Å². The highest BCUT2D eigenvalue weighted by Gasteiger charge is 2.63. The minimum atomic E-state index is -1.66. The van der Waals surface area contributed by atoms with Crippen LogP contribution in [0.5, 0.6) is 0 Å². The van der Waals surface area contributed by atoms with Gasteiger partial charge < -0.3 is 24.8 Å². The number of amides is 2. The van der Waals surface area contributed by atoms with Crippen molar-refractivity contribution in [3.63, 3.8) is 0 Å². The number of rotatable bonds is 8. The van der Waals surface area contributed by atoms with Crippen LogP contribution >= 0.6 is 0 Å². The molecule has 170 valence electrons. The summed E-state index contributed by atoms with van der Waals surface area (Å²) in [6.07, 6.45) is 6.26. The monoisotopic (exact) mass is 448 g/mol. The number of nitrogens with one attached hydrogen (secondary N) is 1. The fourth-order valence-electron chi connectivity index (χ4n) is 4.00. The summed E-state index contributed by atoms with van der Waals surface area (Å²) in [4.78, 5) is 39.3. The fraction of sp³-hybridized carbons (Fsp3) is 0.591. The molecule has 0 spiro atoms. The topological polar surface area (TPSA) is 108 Å². The Balaban J connectivity index is 1.77. The molecule has 9 heteroatoms. The van der Waals surface area contributed by atoms with E-state index in [4.69, 9.17) is 9.47 Å². The maximum absolute atomic E-state index is 13.1. The largest absolute Gasteiger partial charge is 0.498 e. The van der Waals surface area contributed by atoms with Crippen molar-refractivity contribution in [3.05, 3.63) is 35.8 Å². The Hall–Kier alpha value is -2.23. The second-order valence-corrected chi connectivity index (χ2v) is 14.5. The van der Waals surface area contributed by atoms with Gasteiger partial charge in [-0.25, -0.2) is 0 Å². The maximum Gasteiger partial charge on any atom is 0.245 e. The minimum Gasteiger partial charge on any atom is -0.498 e. The third-order valence-electron chi connectivity index (χ3n) is 5.67. The van der Waals surface area contributed by atoms with Gasteiger partial charge in [-0.2, -0.15) is 0 Å². The number of nitrogens with zero attached hydrogens (tertiary/aromatic N) is 1. The van der Waals surface area contributed by atoms with Crippen LogP contribution in [0.4, 0.5) is 0 Å². The summed E-state index contributed by atoms with van der Waals surface area (Å²) in [5.74, 6) is -0.896. The Labute approximate surface area is 184 Å². The molecule has 0 radical (unpaired) electrons. The third kappa shape index (κ3) is 5.52. The summed E-state index contributed by atoms with van der Waals surface area (Å²) in [6, 6.07) is -0.974. The second kappa shape index (κ2) is 9.10. The molecule has 1 aliphatic carbocycles. The molecule has 0 aromatic carbocycles. The van der Waals surface area contributed by atoms with E-state index in [1.807, 2.05) is 6.08 Å². The summed E-state index contributed by atoms with van der Waals surface area (Å²) in [6.45, 7) is 7.79. The highest BCUT2D eigenvalue weighted by Crippen LogP contribution is 2.44. The van der Waals surface area contributed by atoms with E-state index in [0.717, 1.165) is 12.8 Å². The molecule has 0 unspecified atom stereocenters. The van der Waals surface area contributed by atoms with E-state index in [9.17, 15) is 19.5 Å². The number of carbonyl (C=O) groups is 3. The van der Waals surface area contributed by atoms with Crippen molar-refractivity contribution in [3.8, 4) is 0 Å². The number of fused-ring (bicyclic) bond motifs is 1. The molecule has 3 rings (SSSR count). The zero-order valence-corrected chi connectivity index (χ0v) is 19.6. The van der Waals surface area contributed by atoms with Crippen LogP contribution < -0.4 is 5.32 Å². The number of hydrogen-bond acceptors (Lipinski definition) is 6. The van der Waals surface area contributed by atoms with E-state index in [1.165, 1.54) is 19.3 Å². The van der Waals surface area contributed by atoms with Crippen LogP contribution in [0, 0.1) is 0 Å². The molecule has 2 amide bonds. The fourth-order valence-corrected chi connectivity index (χ4v) is 4.69. The number of ketones is 1.